The molecule has 0 aromatic carbocycles. The zero-order valence-electron chi connectivity index (χ0n) is 11.5. The van der Waals surface area contributed by atoms with Gasteiger partial charge in [-0.1, -0.05) is 13.0 Å². The van der Waals surface area contributed by atoms with Gasteiger partial charge in [0, 0.05) is 25.0 Å². The number of carbonyl (C=O) groups is 1. The molecule has 1 N–H and O–H groups in total. The number of furan rings is 1. The fourth-order valence-corrected chi connectivity index (χ4v) is 2.33. The topological polar surface area (TPSA) is 55.1 Å². The lowest BCUT2D eigenvalue weighted by molar-refractivity contribution is -0.116. The van der Waals surface area contributed by atoms with Crippen LogP contribution in [0, 0.1) is 5.92 Å². The quantitative estimate of drug-likeness (QED) is 0.906. The van der Waals surface area contributed by atoms with Crippen molar-refractivity contribution in [3.63, 3.8) is 0 Å². The van der Waals surface area contributed by atoms with Gasteiger partial charge in [0.25, 0.3) is 0 Å². The molecule has 20 heavy (non-hydrogen) atoms. The molecule has 2 aromatic rings. The monoisotopic (exact) mass is 270 g/mol. The SMILES string of the molecule is CC1CC1c1ccc(CCC(=O)Nc2ccccn2)o1. The van der Waals surface area contributed by atoms with Gasteiger partial charge in [0.2, 0.25) is 5.91 Å². The Balaban J connectivity index is 1.49. The Hall–Kier alpha value is -2.10. The highest BCUT2D eigenvalue weighted by molar-refractivity contribution is 5.89. The molecule has 1 amide bonds. The fraction of sp³-hybridized carbons (Fsp3) is 0.375. The molecule has 104 valence electrons. The number of pyridine rings is 1. The number of aryl methyl sites for hydroxylation is 1. The normalized spacial score (nSPS) is 20.6. The van der Waals surface area contributed by atoms with E-state index in [0.717, 1.165) is 17.4 Å². The summed E-state index contributed by atoms with van der Waals surface area (Å²) in [5.41, 5.74) is 0. The molecule has 0 aliphatic heterocycles. The number of hydrogen-bond donors (Lipinski definition) is 1. The van der Waals surface area contributed by atoms with E-state index in [0.29, 0.717) is 24.6 Å². The van der Waals surface area contributed by atoms with Crippen LogP contribution in [0.5, 0.6) is 0 Å². The molecule has 0 radical (unpaired) electrons. The molecular formula is C16H18N2O2. The van der Waals surface area contributed by atoms with Crippen LogP contribution in [0.1, 0.15) is 37.2 Å². The molecule has 1 aliphatic carbocycles. The molecule has 0 spiro atoms. The summed E-state index contributed by atoms with van der Waals surface area (Å²) in [7, 11) is 0. The van der Waals surface area contributed by atoms with Crippen molar-refractivity contribution in [2.75, 3.05) is 5.32 Å². The number of hydrogen-bond acceptors (Lipinski definition) is 3. The summed E-state index contributed by atoms with van der Waals surface area (Å²) in [4.78, 5) is 15.9. The standard InChI is InChI=1S/C16H18N2O2/c1-11-10-13(11)14-7-5-12(20-14)6-8-16(19)18-15-4-2-3-9-17-15/h2-5,7,9,11,13H,6,8,10H2,1H3,(H,17,18,19). The second kappa shape index (κ2) is 5.49. The van der Waals surface area contributed by atoms with Gasteiger partial charge in [0.1, 0.15) is 17.3 Å². The van der Waals surface area contributed by atoms with Gasteiger partial charge in [-0.25, -0.2) is 4.98 Å². The third-order valence-corrected chi connectivity index (χ3v) is 3.69. The fourth-order valence-electron chi connectivity index (χ4n) is 2.33. The van der Waals surface area contributed by atoms with Crippen molar-refractivity contribution >= 4 is 11.7 Å². The molecule has 4 nitrogen and oxygen atoms in total. The van der Waals surface area contributed by atoms with Crippen LogP contribution in [0.4, 0.5) is 5.82 Å². The van der Waals surface area contributed by atoms with Crippen LogP contribution < -0.4 is 5.32 Å². The smallest absolute Gasteiger partial charge is 0.225 e. The van der Waals surface area contributed by atoms with E-state index in [-0.39, 0.29) is 5.91 Å². The maximum Gasteiger partial charge on any atom is 0.225 e. The van der Waals surface area contributed by atoms with E-state index in [1.807, 2.05) is 24.3 Å². The maximum absolute atomic E-state index is 11.8. The van der Waals surface area contributed by atoms with Crippen molar-refractivity contribution in [2.24, 2.45) is 5.92 Å². The Morgan fingerprint density at radius 2 is 2.25 bits per heavy atom. The zero-order chi connectivity index (χ0) is 13.9. The van der Waals surface area contributed by atoms with Gasteiger partial charge in [-0.05, 0) is 36.6 Å². The lowest BCUT2D eigenvalue weighted by Crippen LogP contribution is -2.12. The van der Waals surface area contributed by atoms with E-state index in [1.165, 1.54) is 6.42 Å². The summed E-state index contributed by atoms with van der Waals surface area (Å²) in [6.07, 6.45) is 3.90. The van der Waals surface area contributed by atoms with Gasteiger partial charge >= 0.3 is 0 Å². The number of rotatable bonds is 5. The van der Waals surface area contributed by atoms with Crippen LogP contribution >= 0.6 is 0 Å². The van der Waals surface area contributed by atoms with E-state index < -0.39 is 0 Å². The average Bonchev–Trinajstić information content (AvgIpc) is 3.01. The Morgan fingerprint density at radius 1 is 1.40 bits per heavy atom. The highest BCUT2D eigenvalue weighted by atomic mass is 16.3. The summed E-state index contributed by atoms with van der Waals surface area (Å²) in [6, 6.07) is 9.46. The zero-order valence-corrected chi connectivity index (χ0v) is 11.5. The van der Waals surface area contributed by atoms with Crippen molar-refractivity contribution in [2.45, 2.75) is 32.1 Å². The first kappa shape index (κ1) is 12.9. The molecular weight excluding hydrogens is 252 g/mol. The Kier molecular flexibility index (Phi) is 3.54. The highest BCUT2D eigenvalue weighted by Crippen LogP contribution is 2.47. The van der Waals surface area contributed by atoms with Crippen molar-refractivity contribution in [3.05, 3.63) is 48.0 Å². The summed E-state index contributed by atoms with van der Waals surface area (Å²) in [5, 5.41) is 2.77. The minimum absolute atomic E-state index is 0.0403. The maximum atomic E-state index is 11.8. The Morgan fingerprint density at radius 3 is 2.95 bits per heavy atom. The first-order valence-corrected chi connectivity index (χ1v) is 7.02. The van der Waals surface area contributed by atoms with E-state index in [4.69, 9.17) is 4.42 Å². The highest BCUT2D eigenvalue weighted by Gasteiger charge is 2.36. The second-order valence-electron chi connectivity index (χ2n) is 5.39. The molecule has 0 saturated heterocycles. The van der Waals surface area contributed by atoms with E-state index in [2.05, 4.69) is 17.2 Å². The van der Waals surface area contributed by atoms with Gasteiger partial charge in [-0.15, -0.1) is 0 Å². The molecule has 1 fully saturated rings. The lowest BCUT2D eigenvalue weighted by Gasteiger charge is -2.02. The molecule has 4 heteroatoms. The molecule has 0 bridgehead atoms. The second-order valence-corrected chi connectivity index (χ2v) is 5.39. The molecule has 2 atom stereocenters. The number of carbonyl (C=O) groups excluding carboxylic acids is 1. The number of aromatic nitrogens is 1. The Bertz CT molecular complexity index is 592. The molecule has 1 aliphatic rings. The number of amides is 1. The van der Waals surface area contributed by atoms with Gasteiger partial charge in [0.05, 0.1) is 0 Å². The van der Waals surface area contributed by atoms with Crippen molar-refractivity contribution in [1.29, 1.82) is 0 Å². The van der Waals surface area contributed by atoms with Crippen LogP contribution in [0.25, 0.3) is 0 Å². The summed E-state index contributed by atoms with van der Waals surface area (Å²) in [5.74, 6) is 3.83. The van der Waals surface area contributed by atoms with E-state index in [9.17, 15) is 4.79 Å². The molecule has 2 unspecified atom stereocenters. The van der Waals surface area contributed by atoms with Crippen LogP contribution in [-0.2, 0) is 11.2 Å². The first-order chi connectivity index (χ1) is 9.72. The third kappa shape index (κ3) is 3.07. The molecule has 1 saturated carbocycles. The third-order valence-electron chi connectivity index (χ3n) is 3.69. The molecule has 2 heterocycles. The summed E-state index contributed by atoms with van der Waals surface area (Å²) in [6.45, 7) is 2.23. The average molecular weight is 270 g/mol. The van der Waals surface area contributed by atoms with Crippen LogP contribution in [0.3, 0.4) is 0 Å². The van der Waals surface area contributed by atoms with Crippen LogP contribution in [0.15, 0.2) is 40.9 Å². The van der Waals surface area contributed by atoms with Crippen LogP contribution in [-0.4, -0.2) is 10.9 Å². The van der Waals surface area contributed by atoms with Crippen molar-refractivity contribution < 1.29 is 9.21 Å². The van der Waals surface area contributed by atoms with Gasteiger partial charge in [-0.3, -0.25) is 4.79 Å². The number of anilines is 1. The van der Waals surface area contributed by atoms with Crippen LogP contribution in [0.2, 0.25) is 0 Å². The van der Waals surface area contributed by atoms with Crippen molar-refractivity contribution in [3.8, 4) is 0 Å². The minimum Gasteiger partial charge on any atom is -0.466 e. The van der Waals surface area contributed by atoms with Gasteiger partial charge < -0.3 is 9.73 Å². The predicted octanol–water partition coefficient (Wildman–Crippen LogP) is 3.37. The summed E-state index contributed by atoms with van der Waals surface area (Å²) < 4.78 is 5.78. The van der Waals surface area contributed by atoms with E-state index in [1.54, 1.807) is 12.3 Å². The minimum atomic E-state index is -0.0403. The lowest BCUT2D eigenvalue weighted by atomic mass is 10.2. The number of nitrogens with one attached hydrogen (secondary N) is 1. The predicted molar refractivity (Wildman–Crippen MR) is 76.4 cm³/mol. The number of nitrogens with zero attached hydrogens (tertiary/aromatic N) is 1. The Labute approximate surface area is 118 Å². The van der Waals surface area contributed by atoms with E-state index >= 15 is 0 Å². The largest absolute Gasteiger partial charge is 0.466 e. The van der Waals surface area contributed by atoms with Crippen molar-refractivity contribution in [1.82, 2.24) is 4.98 Å². The molecule has 2 aromatic heterocycles. The first-order valence-electron chi connectivity index (χ1n) is 7.02. The van der Waals surface area contributed by atoms with Gasteiger partial charge in [-0.2, -0.15) is 0 Å². The summed E-state index contributed by atoms with van der Waals surface area (Å²) >= 11 is 0. The van der Waals surface area contributed by atoms with Gasteiger partial charge in [0.15, 0.2) is 0 Å². The molecule has 3 rings (SSSR count).